The van der Waals surface area contributed by atoms with E-state index in [1.807, 2.05) is 30.0 Å². The van der Waals surface area contributed by atoms with Gasteiger partial charge in [0, 0.05) is 26.2 Å². The summed E-state index contributed by atoms with van der Waals surface area (Å²) < 4.78 is 24.5. The summed E-state index contributed by atoms with van der Waals surface area (Å²) in [6.07, 6.45) is 0. The first-order valence-electron chi connectivity index (χ1n) is 10.5. The van der Waals surface area contributed by atoms with Crippen LogP contribution in [0.1, 0.15) is 30.9 Å². The Morgan fingerprint density at radius 1 is 1.03 bits per heavy atom. The maximum absolute atomic E-state index is 13.9. The molecular formula is C24H29FN2O4. The fourth-order valence-corrected chi connectivity index (χ4v) is 3.71. The van der Waals surface area contributed by atoms with Gasteiger partial charge in [0.25, 0.3) is 5.91 Å². The van der Waals surface area contributed by atoms with Crippen LogP contribution in [0.25, 0.3) is 0 Å². The molecule has 0 aliphatic carbocycles. The molecule has 31 heavy (non-hydrogen) atoms. The van der Waals surface area contributed by atoms with E-state index in [-0.39, 0.29) is 24.9 Å². The molecule has 1 heterocycles. The van der Waals surface area contributed by atoms with Crippen molar-refractivity contribution < 1.29 is 23.5 Å². The molecule has 1 amide bonds. The summed E-state index contributed by atoms with van der Waals surface area (Å²) in [5, 5.41) is 0. The predicted molar refractivity (Wildman–Crippen MR) is 117 cm³/mol. The van der Waals surface area contributed by atoms with Gasteiger partial charge in [-0.3, -0.25) is 4.79 Å². The van der Waals surface area contributed by atoms with Gasteiger partial charge in [0.1, 0.15) is 11.6 Å². The van der Waals surface area contributed by atoms with Gasteiger partial charge in [0.05, 0.1) is 5.69 Å². The summed E-state index contributed by atoms with van der Waals surface area (Å²) in [6, 6.07) is 12.3. The molecule has 0 N–H and O–H groups in total. The second kappa shape index (κ2) is 10.3. The highest BCUT2D eigenvalue weighted by atomic mass is 19.1. The van der Waals surface area contributed by atoms with Crippen LogP contribution in [0.3, 0.4) is 0 Å². The molecule has 0 radical (unpaired) electrons. The molecule has 3 rings (SSSR count). The Hall–Kier alpha value is -3.09. The first-order valence-corrected chi connectivity index (χ1v) is 10.5. The standard InChI is InChI=1S/C24H29FN2O4/c1-17(2)20-9-8-19(14-18(20)3)30-16-24(29)31-15-23(28)27-12-10-26(11-13-27)22-7-5-4-6-21(22)25/h4-9,14,17H,10-13,15-16H2,1-3H3. The topological polar surface area (TPSA) is 59.1 Å². The van der Waals surface area contributed by atoms with Crippen LogP contribution in [0, 0.1) is 12.7 Å². The quantitative estimate of drug-likeness (QED) is 0.632. The third kappa shape index (κ3) is 5.96. The number of carbonyl (C=O) groups is 2. The number of anilines is 1. The first kappa shape index (κ1) is 22.6. The zero-order valence-electron chi connectivity index (χ0n) is 18.3. The average Bonchev–Trinajstić information content (AvgIpc) is 2.76. The molecule has 1 saturated heterocycles. The number of carbonyl (C=O) groups excluding carboxylic acids is 2. The molecule has 1 aliphatic rings. The normalized spacial score (nSPS) is 14.0. The molecule has 2 aromatic rings. The van der Waals surface area contributed by atoms with Gasteiger partial charge in [-0.15, -0.1) is 0 Å². The Balaban J connectivity index is 1.40. The monoisotopic (exact) mass is 428 g/mol. The highest BCUT2D eigenvalue weighted by Gasteiger charge is 2.23. The van der Waals surface area contributed by atoms with Gasteiger partial charge >= 0.3 is 5.97 Å². The number of rotatable bonds is 7. The number of benzene rings is 2. The summed E-state index contributed by atoms with van der Waals surface area (Å²) in [7, 11) is 0. The van der Waals surface area contributed by atoms with Crippen LogP contribution in [-0.4, -0.2) is 56.2 Å². The minimum Gasteiger partial charge on any atom is -0.482 e. The molecular weight excluding hydrogens is 399 g/mol. The maximum Gasteiger partial charge on any atom is 0.344 e. The highest BCUT2D eigenvalue weighted by Crippen LogP contribution is 2.23. The number of hydrogen-bond donors (Lipinski definition) is 0. The molecule has 0 aromatic heterocycles. The van der Waals surface area contributed by atoms with E-state index in [1.54, 1.807) is 23.1 Å². The van der Waals surface area contributed by atoms with E-state index in [2.05, 4.69) is 13.8 Å². The van der Waals surface area contributed by atoms with E-state index in [0.717, 1.165) is 5.56 Å². The number of para-hydroxylation sites is 1. The number of aryl methyl sites for hydroxylation is 1. The molecule has 0 saturated carbocycles. The molecule has 0 unspecified atom stereocenters. The smallest absolute Gasteiger partial charge is 0.344 e. The van der Waals surface area contributed by atoms with Gasteiger partial charge in [0.15, 0.2) is 13.2 Å². The average molecular weight is 429 g/mol. The van der Waals surface area contributed by atoms with Gasteiger partial charge < -0.3 is 19.3 Å². The fraction of sp³-hybridized carbons (Fsp3) is 0.417. The SMILES string of the molecule is Cc1cc(OCC(=O)OCC(=O)N2CCN(c3ccccc3F)CC2)ccc1C(C)C. The van der Waals surface area contributed by atoms with Crippen molar-refractivity contribution in [3.05, 3.63) is 59.4 Å². The van der Waals surface area contributed by atoms with E-state index >= 15 is 0 Å². The second-order valence-corrected chi connectivity index (χ2v) is 7.94. The van der Waals surface area contributed by atoms with Gasteiger partial charge in [-0.05, 0) is 48.2 Å². The number of esters is 1. The van der Waals surface area contributed by atoms with Crippen molar-refractivity contribution in [2.24, 2.45) is 0 Å². The third-order valence-electron chi connectivity index (χ3n) is 5.40. The number of halogens is 1. The largest absolute Gasteiger partial charge is 0.482 e. The molecule has 7 heteroatoms. The third-order valence-corrected chi connectivity index (χ3v) is 5.40. The van der Waals surface area contributed by atoms with Gasteiger partial charge in [-0.2, -0.15) is 0 Å². The number of piperazine rings is 1. The summed E-state index contributed by atoms with van der Waals surface area (Å²) in [5.74, 6) is -0.124. The van der Waals surface area contributed by atoms with Crippen molar-refractivity contribution in [2.75, 3.05) is 44.3 Å². The van der Waals surface area contributed by atoms with Crippen molar-refractivity contribution in [1.82, 2.24) is 4.90 Å². The lowest BCUT2D eigenvalue weighted by molar-refractivity contribution is -0.153. The zero-order chi connectivity index (χ0) is 22.4. The van der Waals surface area contributed by atoms with Crippen LogP contribution in [0.2, 0.25) is 0 Å². The summed E-state index contributed by atoms with van der Waals surface area (Å²) in [6.45, 7) is 7.61. The molecule has 0 atom stereocenters. The van der Waals surface area contributed by atoms with Crippen LogP contribution < -0.4 is 9.64 Å². The number of amides is 1. The van der Waals surface area contributed by atoms with Gasteiger partial charge in [-0.1, -0.05) is 32.0 Å². The molecule has 1 aliphatic heterocycles. The van der Waals surface area contributed by atoms with Crippen LogP contribution >= 0.6 is 0 Å². The summed E-state index contributed by atoms with van der Waals surface area (Å²) in [5.41, 5.74) is 2.87. The van der Waals surface area contributed by atoms with Crippen molar-refractivity contribution in [1.29, 1.82) is 0 Å². The molecule has 166 valence electrons. The van der Waals surface area contributed by atoms with Gasteiger partial charge in [0.2, 0.25) is 0 Å². The maximum atomic E-state index is 13.9. The van der Waals surface area contributed by atoms with Crippen LogP contribution in [0.4, 0.5) is 10.1 Å². The second-order valence-electron chi connectivity index (χ2n) is 7.94. The number of hydrogen-bond acceptors (Lipinski definition) is 5. The predicted octanol–water partition coefficient (Wildman–Crippen LogP) is 3.53. The molecule has 0 spiro atoms. The highest BCUT2D eigenvalue weighted by molar-refractivity contribution is 5.81. The van der Waals surface area contributed by atoms with E-state index in [9.17, 15) is 14.0 Å². The first-order chi connectivity index (χ1) is 14.8. The van der Waals surface area contributed by atoms with Crippen molar-refractivity contribution >= 4 is 17.6 Å². The molecule has 2 aromatic carbocycles. The molecule has 0 bridgehead atoms. The van der Waals surface area contributed by atoms with E-state index < -0.39 is 5.97 Å². The molecule has 1 fully saturated rings. The van der Waals surface area contributed by atoms with Crippen molar-refractivity contribution in [3.8, 4) is 5.75 Å². The summed E-state index contributed by atoms with van der Waals surface area (Å²) in [4.78, 5) is 27.9. The number of ether oxygens (including phenoxy) is 2. The van der Waals surface area contributed by atoms with Crippen molar-refractivity contribution in [2.45, 2.75) is 26.7 Å². The van der Waals surface area contributed by atoms with Crippen LogP contribution in [0.15, 0.2) is 42.5 Å². The lowest BCUT2D eigenvalue weighted by atomic mass is 9.98. The Labute approximate surface area is 182 Å². The number of nitrogens with zero attached hydrogens (tertiary/aromatic N) is 2. The minimum atomic E-state index is -0.594. The van der Waals surface area contributed by atoms with Crippen LogP contribution in [-0.2, 0) is 14.3 Å². The lowest BCUT2D eigenvalue weighted by Crippen LogP contribution is -2.50. The van der Waals surface area contributed by atoms with E-state index in [0.29, 0.717) is 43.5 Å². The van der Waals surface area contributed by atoms with E-state index in [1.165, 1.54) is 11.6 Å². The Morgan fingerprint density at radius 2 is 1.74 bits per heavy atom. The van der Waals surface area contributed by atoms with Crippen molar-refractivity contribution in [3.63, 3.8) is 0 Å². The molecule has 6 nitrogen and oxygen atoms in total. The van der Waals surface area contributed by atoms with E-state index in [4.69, 9.17) is 9.47 Å². The van der Waals surface area contributed by atoms with Crippen LogP contribution in [0.5, 0.6) is 5.75 Å². The fourth-order valence-electron chi connectivity index (χ4n) is 3.71. The Bertz CT molecular complexity index is 924. The lowest BCUT2D eigenvalue weighted by Gasteiger charge is -2.36. The zero-order valence-corrected chi connectivity index (χ0v) is 18.3. The minimum absolute atomic E-state index is 0.255. The summed E-state index contributed by atoms with van der Waals surface area (Å²) >= 11 is 0. The Kier molecular flexibility index (Phi) is 7.50. The Morgan fingerprint density at radius 3 is 2.39 bits per heavy atom. The van der Waals surface area contributed by atoms with Gasteiger partial charge in [-0.25, -0.2) is 9.18 Å².